The van der Waals surface area contributed by atoms with Crippen molar-refractivity contribution in [1.29, 1.82) is 0 Å². The molecule has 5 nitrogen and oxygen atoms in total. The van der Waals surface area contributed by atoms with Crippen LogP contribution in [0.5, 0.6) is 0 Å². The van der Waals surface area contributed by atoms with E-state index in [4.69, 9.17) is 0 Å². The largest absolute Gasteiger partial charge is 0.277 e. The maximum absolute atomic E-state index is 12.1. The number of aryl methyl sites for hydroxylation is 1. The highest BCUT2D eigenvalue weighted by atomic mass is 32.2. The Hall–Kier alpha value is -1.25. The summed E-state index contributed by atoms with van der Waals surface area (Å²) in [6, 6.07) is 3.22. The van der Waals surface area contributed by atoms with Crippen molar-refractivity contribution in [3.8, 4) is 0 Å². The summed E-state index contributed by atoms with van der Waals surface area (Å²) in [5.41, 5.74) is 2.31. The van der Waals surface area contributed by atoms with Gasteiger partial charge in [-0.3, -0.25) is 4.79 Å². The maximum Gasteiger partial charge on any atom is 0.277 e. The predicted octanol–water partition coefficient (Wildman–Crippen LogP) is 2.51. The molecule has 1 N–H and O–H groups in total. The average molecular weight is 328 g/mol. The van der Waals surface area contributed by atoms with Crippen molar-refractivity contribution < 1.29 is 13.2 Å². The van der Waals surface area contributed by atoms with E-state index in [1.807, 2.05) is 6.92 Å². The van der Waals surface area contributed by atoms with Gasteiger partial charge in [-0.1, -0.05) is 0 Å². The standard InChI is InChI=1S/C12H12N2O3S3/c1-7-2-5-9(19-7)20(16,17)14-12(15)11-10(8-3-4-8)13-6-18-11/h2,5-6,8H,3-4H2,1H3,(H,14,15). The van der Waals surface area contributed by atoms with E-state index in [1.54, 1.807) is 11.6 Å². The normalized spacial score (nSPS) is 15.2. The van der Waals surface area contributed by atoms with Gasteiger partial charge in [0, 0.05) is 10.8 Å². The molecule has 3 rings (SSSR count). The van der Waals surface area contributed by atoms with Gasteiger partial charge < -0.3 is 0 Å². The van der Waals surface area contributed by atoms with Crippen LogP contribution in [0.2, 0.25) is 0 Å². The molecular weight excluding hydrogens is 316 g/mol. The zero-order valence-corrected chi connectivity index (χ0v) is 13.1. The number of sulfonamides is 1. The molecule has 0 aromatic carbocycles. The Balaban J connectivity index is 1.83. The zero-order chi connectivity index (χ0) is 14.3. The number of rotatable bonds is 4. The van der Waals surface area contributed by atoms with Gasteiger partial charge in [0.25, 0.3) is 15.9 Å². The fourth-order valence-electron chi connectivity index (χ4n) is 1.85. The number of thiazole rings is 1. The third kappa shape index (κ3) is 2.63. The smallest absolute Gasteiger partial charge is 0.267 e. The second-order valence-electron chi connectivity index (χ2n) is 4.64. The molecule has 0 saturated heterocycles. The SMILES string of the molecule is Cc1ccc(S(=O)(=O)NC(=O)c2scnc2C2CC2)s1. The number of carbonyl (C=O) groups excluding carboxylic acids is 1. The highest BCUT2D eigenvalue weighted by molar-refractivity contribution is 7.92. The molecule has 1 aliphatic carbocycles. The summed E-state index contributed by atoms with van der Waals surface area (Å²) in [4.78, 5) is 17.6. The van der Waals surface area contributed by atoms with E-state index >= 15 is 0 Å². The average Bonchev–Trinajstić information content (AvgIpc) is 2.92. The molecule has 0 unspecified atom stereocenters. The molecule has 0 radical (unpaired) electrons. The van der Waals surface area contributed by atoms with E-state index in [-0.39, 0.29) is 4.21 Å². The first-order valence-corrected chi connectivity index (χ1v) is 9.22. The van der Waals surface area contributed by atoms with Gasteiger partial charge in [-0.25, -0.2) is 18.1 Å². The van der Waals surface area contributed by atoms with Crippen LogP contribution in [0.1, 0.15) is 39.0 Å². The van der Waals surface area contributed by atoms with Crippen molar-refractivity contribution in [2.75, 3.05) is 0 Å². The second kappa shape index (κ2) is 4.94. The van der Waals surface area contributed by atoms with Crippen LogP contribution in [0.3, 0.4) is 0 Å². The second-order valence-corrected chi connectivity index (χ2v) is 8.69. The van der Waals surface area contributed by atoms with E-state index in [1.165, 1.54) is 17.4 Å². The fourth-order valence-corrected chi connectivity index (χ4v) is 4.92. The highest BCUT2D eigenvalue weighted by Crippen LogP contribution is 2.41. The minimum atomic E-state index is -3.79. The maximum atomic E-state index is 12.1. The highest BCUT2D eigenvalue weighted by Gasteiger charge is 2.32. The number of carbonyl (C=O) groups is 1. The lowest BCUT2D eigenvalue weighted by molar-refractivity contribution is 0.0984. The van der Waals surface area contributed by atoms with Crippen LogP contribution >= 0.6 is 22.7 Å². The van der Waals surface area contributed by atoms with Crippen LogP contribution in [0.4, 0.5) is 0 Å². The number of hydrogen-bond donors (Lipinski definition) is 1. The van der Waals surface area contributed by atoms with Crippen molar-refractivity contribution in [3.05, 3.63) is 33.1 Å². The number of aromatic nitrogens is 1. The predicted molar refractivity (Wildman–Crippen MR) is 77.8 cm³/mol. The van der Waals surface area contributed by atoms with Gasteiger partial charge in [-0.2, -0.15) is 0 Å². The van der Waals surface area contributed by atoms with E-state index in [0.717, 1.165) is 34.7 Å². The van der Waals surface area contributed by atoms with Crippen molar-refractivity contribution in [2.24, 2.45) is 0 Å². The Kier molecular flexibility index (Phi) is 3.39. The molecule has 8 heteroatoms. The van der Waals surface area contributed by atoms with Crippen LogP contribution in [0.15, 0.2) is 21.9 Å². The van der Waals surface area contributed by atoms with Crippen LogP contribution in [0.25, 0.3) is 0 Å². The van der Waals surface area contributed by atoms with Gasteiger partial charge in [-0.15, -0.1) is 22.7 Å². The Morgan fingerprint density at radius 1 is 1.40 bits per heavy atom. The first-order chi connectivity index (χ1) is 9.47. The molecule has 106 valence electrons. The van der Waals surface area contributed by atoms with E-state index < -0.39 is 15.9 Å². The molecule has 1 aliphatic rings. The van der Waals surface area contributed by atoms with Gasteiger partial charge >= 0.3 is 0 Å². The zero-order valence-electron chi connectivity index (χ0n) is 10.6. The van der Waals surface area contributed by atoms with E-state index in [2.05, 4.69) is 9.71 Å². The molecule has 0 spiro atoms. The monoisotopic (exact) mass is 328 g/mol. The summed E-state index contributed by atoms with van der Waals surface area (Å²) in [5, 5.41) is 0. The van der Waals surface area contributed by atoms with Crippen LogP contribution in [-0.4, -0.2) is 19.3 Å². The molecule has 2 aromatic heterocycles. The van der Waals surface area contributed by atoms with Crippen LogP contribution < -0.4 is 4.72 Å². The first kappa shape index (κ1) is 13.7. The number of thiophene rings is 1. The Bertz CT molecular complexity index is 757. The molecule has 2 aromatic rings. The van der Waals surface area contributed by atoms with E-state index in [9.17, 15) is 13.2 Å². The van der Waals surface area contributed by atoms with Gasteiger partial charge in [-0.05, 0) is 31.9 Å². The quantitative estimate of drug-likeness (QED) is 0.935. The van der Waals surface area contributed by atoms with Crippen LogP contribution in [0, 0.1) is 6.92 Å². The molecule has 1 saturated carbocycles. The van der Waals surface area contributed by atoms with Crippen LogP contribution in [-0.2, 0) is 10.0 Å². The number of nitrogens with zero attached hydrogens (tertiary/aromatic N) is 1. The molecule has 1 amide bonds. The molecule has 0 atom stereocenters. The number of amides is 1. The Labute approximate surface area is 124 Å². The molecular formula is C12H12N2O3S3. The van der Waals surface area contributed by atoms with E-state index in [0.29, 0.717) is 10.8 Å². The Morgan fingerprint density at radius 2 is 2.15 bits per heavy atom. The lowest BCUT2D eigenvalue weighted by Crippen LogP contribution is -2.30. The molecule has 20 heavy (non-hydrogen) atoms. The summed E-state index contributed by atoms with van der Waals surface area (Å²) in [6.07, 6.45) is 2.03. The minimum absolute atomic E-state index is 0.154. The summed E-state index contributed by atoms with van der Waals surface area (Å²) < 4.78 is 26.5. The summed E-state index contributed by atoms with van der Waals surface area (Å²) in [7, 11) is -3.79. The third-order valence-electron chi connectivity index (χ3n) is 2.97. The topological polar surface area (TPSA) is 76.1 Å². The van der Waals surface area contributed by atoms with Crippen molar-refractivity contribution >= 4 is 38.6 Å². The van der Waals surface area contributed by atoms with Gasteiger partial charge in [0.1, 0.15) is 9.09 Å². The van der Waals surface area contributed by atoms with Crippen molar-refractivity contribution in [1.82, 2.24) is 9.71 Å². The molecule has 1 fully saturated rings. The van der Waals surface area contributed by atoms with Crippen molar-refractivity contribution in [3.63, 3.8) is 0 Å². The summed E-state index contributed by atoms with van der Waals surface area (Å²) in [6.45, 7) is 1.82. The third-order valence-corrected chi connectivity index (χ3v) is 6.64. The number of nitrogens with one attached hydrogen (secondary N) is 1. The lowest BCUT2D eigenvalue weighted by Gasteiger charge is -2.04. The minimum Gasteiger partial charge on any atom is -0.267 e. The Morgan fingerprint density at radius 3 is 2.75 bits per heavy atom. The lowest BCUT2D eigenvalue weighted by atomic mass is 10.2. The molecule has 0 bridgehead atoms. The molecule has 2 heterocycles. The first-order valence-electron chi connectivity index (χ1n) is 6.04. The van der Waals surface area contributed by atoms with Gasteiger partial charge in [0.15, 0.2) is 0 Å². The summed E-state index contributed by atoms with van der Waals surface area (Å²) in [5.74, 6) is -0.269. The fraction of sp³-hybridized carbons (Fsp3) is 0.333. The summed E-state index contributed by atoms with van der Waals surface area (Å²) >= 11 is 2.32. The number of hydrogen-bond acceptors (Lipinski definition) is 6. The molecule has 0 aliphatic heterocycles. The van der Waals surface area contributed by atoms with Gasteiger partial charge in [0.2, 0.25) is 0 Å². The van der Waals surface area contributed by atoms with Gasteiger partial charge in [0.05, 0.1) is 11.2 Å². The van der Waals surface area contributed by atoms with Crippen molar-refractivity contribution in [2.45, 2.75) is 29.9 Å².